The van der Waals surface area contributed by atoms with Crippen LogP contribution in [0.2, 0.25) is 0 Å². The molecule has 28 heavy (non-hydrogen) atoms. The Kier molecular flexibility index (Phi) is 4.94. The fourth-order valence-corrected chi connectivity index (χ4v) is 3.67. The summed E-state index contributed by atoms with van der Waals surface area (Å²) < 4.78 is 10.8. The number of rotatable bonds is 4. The van der Waals surface area contributed by atoms with Gasteiger partial charge in [0.15, 0.2) is 0 Å². The Morgan fingerprint density at radius 1 is 1.04 bits per heavy atom. The van der Waals surface area contributed by atoms with E-state index in [9.17, 15) is 9.59 Å². The first kappa shape index (κ1) is 18.0. The highest BCUT2D eigenvalue weighted by Gasteiger charge is 2.35. The molecule has 4 heteroatoms. The molecule has 1 atom stereocenters. The van der Waals surface area contributed by atoms with Crippen molar-refractivity contribution in [2.24, 2.45) is 0 Å². The van der Waals surface area contributed by atoms with E-state index in [4.69, 9.17) is 9.47 Å². The molecule has 0 saturated heterocycles. The molecule has 0 spiro atoms. The Morgan fingerprint density at radius 3 is 2.57 bits per heavy atom. The van der Waals surface area contributed by atoms with Gasteiger partial charge in [0.2, 0.25) is 0 Å². The van der Waals surface area contributed by atoms with Gasteiger partial charge in [-0.3, -0.25) is 4.79 Å². The Labute approximate surface area is 163 Å². The summed E-state index contributed by atoms with van der Waals surface area (Å²) in [5.41, 5.74) is 2.20. The molecule has 4 rings (SSSR count). The second-order valence-electron chi connectivity index (χ2n) is 6.66. The van der Waals surface area contributed by atoms with Crippen LogP contribution >= 0.6 is 0 Å². The molecule has 0 fully saturated rings. The average molecular weight is 372 g/mol. The van der Waals surface area contributed by atoms with Crippen molar-refractivity contribution in [2.75, 3.05) is 6.61 Å². The second-order valence-corrected chi connectivity index (χ2v) is 6.66. The van der Waals surface area contributed by atoms with Crippen LogP contribution in [0.5, 0.6) is 5.75 Å². The van der Waals surface area contributed by atoms with E-state index in [-0.39, 0.29) is 12.4 Å². The van der Waals surface area contributed by atoms with Crippen molar-refractivity contribution >= 4 is 28.8 Å². The van der Waals surface area contributed by atoms with Gasteiger partial charge in [0.05, 0.1) is 13.0 Å². The molecule has 1 aliphatic heterocycles. The van der Waals surface area contributed by atoms with Gasteiger partial charge in [-0.1, -0.05) is 60.7 Å². The lowest BCUT2D eigenvalue weighted by atomic mass is 9.82. The van der Waals surface area contributed by atoms with E-state index in [1.807, 2.05) is 60.7 Å². The second kappa shape index (κ2) is 7.69. The zero-order chi connectivity index (χ0) is 19.5. The zero-order valence-corrected chi connectivity index (χ0v) is 15.6. The molecule has 0 amide bonds. The summed E-state index contributed by atoms with van der Waals surface area (Å²) in [6, 6.07) is 21.2. The molecule has 0 N–H and O–H groups in total. The number of carbonyl (C=O) groups excluding carboxylic acids is 2. The van der Waals surface area contributed by atoms with Crippen molar-refractivity contribution in [2.45, 2.75) is 19.3 Å². The van der Waals surface area contributed by atoms with E-state index >= 15 is 0 Å². The average Bonchev–Trinajstić information content (AvgIpc) is 2.71. The van der Waals surface area contributed by atoms with Crippen LogP contribution in [0.25, 0.3) is 16.8 Å². The molecule has 3 aromatic carbocycles. The lowest BCUT2D eigenvalue weighted by molar-refractivity contribution is -0.143. The van der Waals surface area contributed by atoms with Crippen LogP contribution in [0.3, 0.4) is 0 Å². The minimum absolute atomic E-state index is 0.0859. The number of benzene rings is 3. The third-order valence-electron chi connectivity index (χ3n) is 4.89. The molecular weight excluding hydrogens is 352 g/mol. The van der Waals surface area contributed by atoms with E-state index in [1.54, 1.807) is 19.1 Å². The van der Waals surface area contributed by atoms with Gasteiger partial charge in [-0.05, 0) is 35.4 Å². The summed E-state index contributed by atoms with van der Waals surface area (Å²) in [7, 11) is 0. The van der Waals surface area contributed by atoms with Gasteiger partial charge in [-0.2, -0.15) is 0 Å². The van der Waals surface area contributed by atoms with E-state index < -0.39 is 11.9 Å². The number of hydrogen-bond donors (Lipinski definition) is 0. The van der Waals surface area contributed by atoms with Crippen molar-refractivity contribution in [3.8, 4) is 5.75 Å². The van der Waals surface area contributed by atoms with Crippen LogP contribution in [0, 0.1) is 0 Å². The lowest BCUT2D eigenvalue weighted by Crippen LogP contribution is -2.26. The highest BCUT2D eigenvalue weighted by Crippen LogP contribution is 2.44. The molecule has 4 nitrogen and oxygen atoms in total. The minimum Gasteiger partial charge on any atom is -0.466 e. The van der Waals surface area contributed by atoms with Gasteiger partial charge in [-0.15, -0.1) is 0 Å². The van der Waals surface area contributed by atoms with Crippen molar-refractivity contribution in [1.82, 2.24) is 0 Å². The van der Waals surface area contributed by atoms with Crippen molar-refractivity contribution in [3.05, 3.63) is 83.4 Å². The topological polar surface area (TPSA) is 52.6 Å². The lowest BCUT2D eigenvalue weighted by Gasteiger charge is -2.28. The van der Waals surface area contributed by atoms with Gasteiger partial charge in [0.25, 0.3) is 0 Å². The van der Waals surface area contributed by atoms with Crippen LogP contribution in [-0.2, 0) is 14.3 Å². The standard InChI is InChI=1S/C24H20O4/c1-2-27-22(25)15-19-20(14-16-8-4-3-5-9-16)24(26)28-21-13-12-17-10-6-7-11-18(17)23(19)21/h3-14,19H,2,15H2,1H3/b20-14+/t19-/m1/s1. The smallest absolute Gasteiger partial charge is 0.340 e. The van der Waals surface area contributed by atoms with Crippen LogP contribution in [0.15, 0.2) is 72.3 Å². The summed E-state index contributed by atoms with van der Waals surface area (Å²) in [5.74, 6) is -0.689. The van der Waals surface area contributed by atoms with Crippen LogP contribution < -0.4 is 4.74 Å². The molecule has 0 unspecified atom stereocenters. The predicted octanol–water partition coefficient (Wildman–Crippen LogP) is 4.88. The first-order valence-electron chi connectivity index (χ1n) is 9.33. The SMILES string of the molecule is CCOC(=O)C[C@@H]1/C(=C\c2ccccc2)C(=O)Oc2ccc3ccccc3c21. The highest BCUT2D eigenvalue weighted by molar-refractivity contribution is 6.03. The molecule has 0 saturated carbocycles. The fraction of sp³-hybridized carbons (Fsp3) is 0.167. The largest absolute Gasteiger partial charge is 0.466 e. The molecule has 0 radical (unpaired) electrons. The molecule has 0 bridgehead atoms. The highest BCUT2D eigenvalue weighted by atomic mass is 16.5. The number of hydrogen-bond acceptors (Lipinski definition) is 4. The summed E-state index contributed by atoms with van der Waals surface area (Å²) in [6.07, 6.45) is 1.89. The van der Waals surface area contributed by atoms with Crippen molar-refractivity contribution in [3.63, 3.8) is 0 Å². The first-order chi connectivity index (χ1) is 13.7. The monoisotopic (exact) mass is 372 g/mol. The van der Waals surface area contributed by atoms with Crippen molar-refractivity contribution < 1.29 is 19.1 Å². The summed E-state index contributed by atoms with van der Waals surface area (Å²) in [6.45, 7) is 2.08. The Morgan fingerprint density at radius 2 is 1.79 bits per heavy atom. The molecule has 140 valence electrons. The number of esters is 2. The molecule has 0 aliphatic carbocycles. The Hall–Kier alpha value is -3.40. The van der Waals surface area contributed by atoms with Crippen LogP contribution in [0.4, 0.5) is 0 Å². The summed E-state index contributed by atoms with van der Waals surface area (Å²) in [4.78, 5) is 25.2. The molecule has 1 aliphatic rings. The zero-order valence-electron chi connectivity index (χ0n) is 15.6. The van der Waals surface area contributed by atoms with Gasteiger partial charge in [-0.25, -0.2) is 4.79 Å². The van der Waals surface area contributed by atoms with E-state index in [0.29, 0.717) is 17.9 Å². The molecule has 0 aromatic heterocycles. The summed E-state index contributed by atoms with van der Waals surface area (Å²) in [5, 5.41) is 2.01. The molecule has 1 heterocycles. The number of carbonyl (C=O) groups is 2. The van der Waals surface area contributed by atoms with Crippen LogP contribution in [0.1, 0.15) is 30.4 Å². The normalized spacial score (nSPS) is 17.2. The van der Waals surface area contributed by atoms with E-state index in [0.717, 1.165) is 21.9 Å². The van der Waals surface area contributed by atoms with Crippen LogP contribution in [-0.4, -0.2) is 18.5 Å². The summed E-state index contributed by atoms with van der Waals surface area (Å²) >= 11 is 0. The fourth-order valence-electron chi connectivity index (χ4n) is 3.67. The minimum atomic E-state index is -0.430. The number of ether oxygens (including phenoxy) is 2. The maximum absolute atomic E-state index is 12.8. The molecular formula is C24H20O4. The Balaban J connectivity index is 1.90. The third kappa shape index (κ3) is 3.41. The maximum atomic E-state index is 12.8. The van der Waals surface area contributed by atoms with Crippen molar-refractivity contribution in [1.29, 1.82) is 0 Å². The van der Waals surface area contributed by atoms with Gasteiger partial charge in [0, 0.05) is 17.1 Å². The maximum Gasteiger partial charge on any atom is 0.340 e. The Bertz CT molecular complexity index is 1070. The third-order valence-corrected chi connectivity index (χ3v) is 4.89. The van der Waals surface area contributed by atoms with Gasteiger partial charge in [0.1, 0.15) is 5.75 Å². The van der Waals surface area contributed by atoms with E-state index in [2.05, 4.69) is 0 Å². The van der Waals surface area contributed by atoms with Gasteiger partial charge < -0.3 is 9.47 Å². The van der Waals surface area contributed by atoms with Gasteiger partial charge >= 0.3 is 11.9 Å². The molecule has 3 aromatic rings. The van der Waals surface area contributed by atoms with E-state index in [1.165, 1.54) is 0 Å². The quantitative estimate of drug-likeness (QED) is 0.372. The predicted molar refractivity (Wildman–Crippen MR) is 108 cm³/mol. The first-order valence-corrected chi connectivity index (χ1v) is 9.33. The number of fused-ring (bicyclic) bond motifs is 3.